The fourth-order valence-electron chi connectivity index (χ4n) is 1.50. The highest BCUT2D eigenvalue weighted by Gasteiger charge is 2.21. The third-order valence-corrected chi connectivity index (χ3v) is 3.35. The first-order valence-corrected chi connectivity index (χ1v) is 6.60. The van der Waals surface area contributed by atoms with Gasteiger partial charge in [0.25, 0.3) is 5.91 Å². The molecule has 1 amide bonds. The Hall–Kier alpha value is -1.03. The maximum Gasteiger partial charge on any atom is 0.257 e. The van der Waals surface area contributed by atoms with E-state index < -0.39 is 0 Å². The van der Waals surface area contributed by atoms with E-state index in [0.717, 1.165) is 16.6 Å². The van der Waals surface area contributed by atoms with Gasteiger partial charge in [-0.1, -0.05) is 6.07 Å². The number of ether oxygens (including phenoxy) is 1. The maximum atomic E-state index is 11.5. The van der Waals surface area contributed by atoms with Gasteiger partial charge in [0.2, 0.25) is 0 Å². The fourth-order valence-corrected chi connectivity index (χ4v) is 2.11. The molecule has 0 spiro atoms. The van der Waals surface area contributed by atoms with Gasteiger partial charge in [-0.25, -0.2) is 0 Å². The summed E-state index contributed by atoms with van der Waals surface area (Å²) in [6.45, 7) is 2.88. The van der Waals surface area contributed by atoms with Crippen LogP contribution in [-0.2, 0) is 4.79 Å². The topological polar surface area (TPSA) is 38.3 Å². The van der Waals surface area contributed by atoms with Crippen molar-refractivity contribution in [3.63, 3.8) is 0 Å². The third-order valence-electron chi connectivity index (χ3n) is 2.73. The van der Waals surface area contributed by atoms with Gasteiger partial charge in [0, 0.05) is 6.54 Å². The van der Waals surface area contributed by atoms with E-state index in [-0.39, 0.29) is 12.5 Å². The minimum atomic E-state index is -0.0515. The first-order chi connectivity index (χ1) is 8.15. The molecule has 1 saturated carbocycles. The van der Waals surface area contributed by atoms with Gasteiger partial charge in [-0.15, -0.1) is 0 Å². The molecular weight excluding hydrogens is 282 g/mol. The number of amides is 1. The third kappa shape index (κ3) is 4.04. The van der Waals surface area contributed by atoms with Crippen molar-refractivity contribution in [2.24, 2.45) is 5.92 Å². The van der Waals surface area contributed by atoms with E-state index in [1.165, 1.54) is 12.8 Å². The van der Waals surface area contributed by atoms with E-state index in [2.05, 4.69) is 21.2 Å². The molecule has 0 heterocycles. The zero-order valence-electron chi connectivity index (χ0n) is 9.83. The van der Waals surface area contributed by atoms with E-state index in [1.54, 1.807) is 0 Å². The summed E-state index contributed by atoms with van der Waals surface area (Å²) < 4.78 is 6.33. The number of carbonyl (C=O) groups excluding carboxylic acids is 1. The molecule has 1 fully saturated rings. The van der Waals surface area contributed by atoms with Crippen LogP contribution in [0, 0.1) is 12.8 Å². The molecule has 0 saturated heterocycles. The molecule has 1 aliphatic rings. The minimum absolute atomic E-state index is 0.0515. The van der Waals surface area contributed by atoms with Crippen LogP contribution in [0.25, 0.3) is 0 Å². The lowest BCUT2D eigenvalue weighted by Crippen LogP contribution is -2.30. The second-order valence-corrected chi connectivity index (χ2v) is 5.32. The van der Waals surface area contributed by atoms with Crippen LogP contribution >= 0.6 is 15.9 Å². The lowest BCUT2D eigenvalue weighted by molar-refractivity contribution is -0.123. The van der Waals surface area contributed by atoms with Crippen LogP contribution in [0.4, 0.5) is 0 Å². The quantitative estimate of drug-likeness (QED) is 0.907. The van der Waals surface area contributed by atoms with Gasteiger partial charge in [-0.3, -0.25) is 4.79 Å². The molecular formula is C13H16BrNO2. The molecule has 1 N–H and O–H groups in total. The SMILES string of the molecule is Cc1ccc(OCC(=O)NCC2CC2)c(Br)c1. The van der Waals surface area contributed by atoms with Crippen LogP contribution in [0.2, 0.25) is 0 Å². The Balaban J connectivity index is 1.77. The van der Waals surface area contributed by atoms with E-state index in [0.29, 0.717) is 11.7 Å². The maximum absolute atomic E-state index is 11.5. The van der Waals surface area contributed by atoms with Crippen LogP contribution in [-0.4, -0.2) is 19.1 Å². The van der Waals surface area contributed by atoms with Crippen molar-refractivity contribution < 1.29 is 9.53 Å². The summed E-state index contributed by atoms with van der Waals surface area (Å²) in [5.74, 6) is 1.35. The number of hydrogen-bond donors (Lipinski definition) is 1. The number of aryl methyl sites for hydroxylation is 1. The van der Waals surface area contributed by atoms with Gasteiger partial charge in [0.05, 0.1) is 4.47 Å². The van der Waals surface area contributed by atoms with Gasteiger partial charge in [0.1, 0.15) is 5.75 Å². The summed E-state index contributed by atoms with van der Waals surface area (Å²) in [5.41, 5.74) is 1.16. The molecule has 17 heavy (non-hydrogen) atoms. The Labute approximate surface area is 110 Å². The lowest BCUT2D eigenvalue weighted by Gasteiger charge is -2.09. The molecule has 0 atom stereocenters. The van der Waals surface area contributed by atoms with Crippen LogP contribution in [0.3, 0.4) is 0 Å². The minimum Gasteiger partial charge on any atom is -0.483 e. The highest BCUT2D eigenvalue weighted by Crippen LogP contribution is 2.27. The monoisotopic (exact) mass is 297 g/mol. The lowest BCUT2D eigenvalue weighted by atomic mass is 10.2. The van der Waals surface area contributed by atoms with Crippen molar-refractivity contribution in [2.75, 3.05) is 13.2 Å². The van der Waals surface area contributed by atoms with Crippen molar-refractivity contribution in [1.82, 2.24) is 5.32 Å². The van der Waals surface area contributed by atoms with Gasteiger partial charge in [-0.2, -0.15) is 0 Å². The molecule has 2 rings (SSSR count). The highest BCUT2D eigenvalue weighted by atomic mass is 79.9. The molecule has 0 aromatic heterocycles. The molecule has 1 aromatic rings. The Kier molecular flexibility index (Phi) is 4.05. The van der Waals surface area contributed by atoms with E-state index in [4.69, 9.17) is 4.74 Å². The van der Waals surface area contributed by atoms with E-state index in [1.807, 2.05) is 25.1 Å². The van der Waals surface area contributed by atoms with Crippen molar-refractivity contribution in [3.8, 4) is 5.75 Å². The van der Waals surface area contributed by atoms with Crippen molar-refractivity contribution >= 4 is 21.8 Å². The molecule has 4 heteroatoms. The zero-order valence-corrected chi connectivity index (χ0v) is 11.4. The first kappa shape index (κ1) is 12.4. The molecule has 0 radical (unpaired) electrons. The number of halogens is 1. The second-order valence-electron chi connectivity index (χ2n) is 4.47. The number of benzene rings is 1. The highest BCUT2D eigenvalue weighted by molar-refractivity contribution is 9.10. The summed E-state index contributed by atoms with van der Waals surface area (Å²) in [6.07, 6.45) is 2.48. The Morgan fingerprint density at radius 3 is 2.94 bits per heavy atom. The largest absolute Gasteiger partial charge is 0.483 e. The summed E-state index contributed by atoms with van der Waals surface area (Å²) in [5, 5.41) is 2.87. The zero-order chi connectivity index (χ0) is 12.3. The predicted molar refractivity (Wildman–Crippen MR) is 70.1 cm³/mol. The van der Waals surface area contributed by atoms with Crippen molar-refractivity contribution in [2.45, 2.75) is 19.8 Å². The van der Waals surface area contributed by atoms with Crippen LogP contribution < -0.4 is 10.1 Å². The molecule has 1 aromatic carbocycles. The van der Waals surface area contributed by atoms with Gasteiger partial charge < -0.3 is 10.1 Å². The van der Waals surface area contributed by atoms with E-state index in [9.17, 15) is 4.79 Å². The molecule has 3 nitrogen and oxygen atoms in total. The number of hydrogen-bond acceptors (Lipinski definition) is 2. The van der Waals surface area contributed by atoms with Crippen LogP contribution in [0.1, 0.15) is 18.4 Å². The average molecular weight is 298 g/mol. The predicted octanol–water partition coefficient (Wildman–Crippen LogP) is 2.66. The summed E-state index contributed by atoms with van der Waals surface area (Å²) in [7, 11) is 0. The van der Waals surface area contributed by atoms with Gasteiger partial charge in [-0.05, 0) is 59.3 Å². The standard InChI is InChI=1S/C13H16BrNO2/c1-9-2-5-12(11(14)6-9)17-8-13(16)15-7-10-3-4-10/h2,5-6,10H,3-4,7-8H2,1H3,(H,15,16). The fraction of sp³-hybridized carbons (Fsp3) is 0.462. The molecule has 92 valence electrons. The average Bonchev–Trinajstić information content (AvgIpc) is 3.09. The molecule has 0 bridgehead atoms. The van der Waals surface area contributed by atoms with Gasteiger partial charge >= 0.3 is 0 Å². The van der Waals surface area contributed by atoms with E-state index >= 15 is 0 Å². The molecule has 0 unspecified atom stereocenters. The Bertz CT molecular complexity index is 416. The molecule has 1 aliphatic carbocycles. The second kappa shape index (κ2) is 5.54. The van der Waals surface area contributed by atoms with Crippen LogP contribution in [0.5, 0.6) is 5.75 Å². The Morgan fingerprint density at radius 1 is 1.53 bits per heavy atom. The Morgan fingerprint density at radius 2 is 2.29 bits per heavy atom. The number of nitrogens with one attached hydrogen (secondary N) is 1. The number of rotatable bonds is 5. The first-order valence-electron chi connectivity index (χ1n) is 5.81. The number of carbonyl (C=O) groups is 1. The normalized spacial score (nSPS) is 14.5. The molecule has 0 aliphatic heterocycles. The van der Waals surface area contributed by atoms with Crippen LogP contribution in [0.15, 0.2) is 22.7 Å². The van der Waals surface area contributed by atoms with Gasteiger partial charge in [0.15, 0.2) is 6.61 Å². The summed E-state index contributed by atoms with van der Waals surface area (Å²) in [4.78, 5) is 11.5. The smallest absolute Gasteiger partial charge is 0.257 e. The van der Waals surface area contributed by atoms with Crippen molar-refractivity contribution in [1.29, 1.82) is 0 Å². The summed E-state index contributed by atoms with van der Waals surface area (Å²) in [6, 6.07) is 5.80. The summed E-state index contributed by atoms with van der Waals surface area (Å²) >= 11 is 3.41. The van der Waals surface area contributed by atoms with Crippen molar-refractivity contribution in [3.05, 3.63) is 28.2 Å².